The highest BCUT2D eigenvalue weighted by Crippen LogP contribution is 2.18. The van der Waals surface area contributed by atoms with Gasteiger partial charge in [-0.25, -0.2) is 8.93 Å². The Morgan fingerprint density at radius 1 is 1.25 bits per heavy atom. The van der Waals surface area contributed by atoms with E-state index in [4.69, 9.17) is 0 Å². The lowest BCUT2D eigenvalue weighted by Crippen LogP contribution is -2.23. The van der Waals surface area contributed by atoms with Crippen molar-refractivity contribution in [1.82, 2.24) is 4.72 Å². The molecule has 0 saturated heterocycles. The van der Waals surface area contributed by atoms with Crippen LogP contribution < -0.4 is 4.72 Å². The Bertz CT molecular complexity index is 361. The molecule has 0 aliphatic carbocycles. The van der Waals surface area contributed by atoms with Crippen LogP contribution in [0, 0.1) is 6.92 Å². The van der Waals surface area contributed by atoms with Crippen LogP contribution in [-0.4, -0.2) is 16.9 Å². The zero-order chi connectivity index (χ0) is 12.2. The van der Waals surface area contributed by atoms with Gasteiger partial charge < -0.3 is 0 Å². The molecule has 2 nitrogen and oxygen atoms in total. The van der Waals surface area contributed by atoms with E-state index in [0.29, 0.717) is 4.90 Å². The van der Waals surface area contributed by atoms with Crippen molar-refractivity contribution in [3.63, 3.8) is 0 Å². The van der Waals surface area contributed by atoms with E-state index in [1.165, 1.54) is 0 Å². The van der Waals surface area contributed by atoms with Crippen LogP contribution in [0.15, 0.2) is 29.2 Å². The van der Waals surface area contributed by atoms with Gasteiger partial charge in [0.1, 0.15) is 11.0 Å². The minimum absolute atomic E-state index is 0.343. The third-order valence-electron chi connectivity index (χ3n) is 1.88. The number of aryl methyl sites for hydroxylation is 1. The lowest BCUT2D eigenvalue weighted by molar-refractivity contribution is -0.132. The molecule has 90 valence electrons. The van der Waals surface area contributed by atoms with Crippen LogP contribution >= 0.6 is 0 Å². The maximum absolute atomic E-state index is 11.8. The first-order chi connectivity index (χ1) is 7.38. The van der Waals surface area contributed by atoms with Gasteiger partial charge >= 0.3 is 6.18 Å². The van der Waals surface area contributed by atoms with Crippen molar-refractivity contribution in [2.24, 2.45) is 0 Å². The predicted molar refractivity (Wildman–Crippen MR) is 56.3 cm³/mol. The number of benzene rings is 1. The summed E-state index contributed by atoms with van der Waals surface area (Å²) in [5, 5.41) is 0. The fraction of sp³-hybridized carbons (Fsp3) is 0.400. The van der Waals surface area contributed by atoms with Gasteiger partial charge in [-0.3, -0.25) is 0 Å². The van der Waals surface area contributed by atoms with Crippen LogP contribution in [0.25, 0.3) is 0 Å². The number of rotatable bonds is 4. The van der Waals surface area contributed by atoms with Crippen LogP contribution in [-0.2, 0) is 11.0 Å². The van der Waals surface area contributed by atoms with Crippen LogP contribution in [0.3, 0.4) is 0 Å². The molecule has 1 rings (SSSR count). The molecule has 16 heavy (non-hydrogen) atoms. The second kappa shape index (κ2) is 5.45. The highest BCUT2D eigenvalue weighted by Gasteiger charge is 2.26. The minimum Gasteiger partial charge on any atom is -0.238 e. The van der Waals surface area contributed by atoms with Gasteiger partial charge in [-0.2, -0.15) is 13.2 Å². The number of alkyl halides is 3. The Labute approximate surface area is 94.4 Å². The quantitative estimate of drug-likeness (QED) is 0.875. The molecule has 1 unspecified atom stereocenters. The predicted octanol–water partition coefficient (Wildman–Crippen LogP) is 2.56. The van der Waals surface area contributed by atoms with Crippen LogP contribution in [0.2, 0.25) is 0 Å². The second-order valence-corrected chi connectivity index (χ2v) is 4.64. The van der Waals surface area contributed by atoms with Crippen molar-refractivity contribution >= 4 is 11.0 Å². The van der Waals surface area contributed by atoms with Gasteiger partial charge in [-0.1, -0.05) is 17.7 Å². The molecular formula is C10H12F3NOS. The highest BCUT2D eigenvalue weighted by molar-refractivity contribution is 7.83. The van der Waals surface area contributed by atoms with Gasteiger partial charge in [0.25, 0.3) is 0 Å². The van der Waals surface area contributed by atoms with Crippen LogP contribution in [0.1, 0.15) is 12.0 Å². The zero-order valence-electron chi connectivity index (χ0n) is 8.67. The molecule has 0 amide bonds. The minimum atomic E-state index is -4.22. The van der Waals surface area contributed by atoms with Crippen molar-refractivity contribution in [1.29, 1.82) is 0 Å². The summed E-state index contributed by atoms with van der Waals surface area (Å²) in [4.78, 5) is 0.479. The van der Waals surface area contributed by atoms with Gasteiger partial charge in [0.15, 0.2) is 0 Å². The fourth-order valence-electron chi connectivity index (χ4n) is 1.03. The average Bonchev–Trinajstić information content (AvgIpc) is 2.16. The van der Waals surface area contributed by atoms with Crippen LogP contribution in [0.4, 0.5) is 13.2 Å². The van der Waals surface area contributed by atoms with E-state index < -0.39 is 23.6 Å². The Morgan fingerprint density at radius 2 is 1.81 bits per heavy atom. The zero-order valence-corrected chi connectivity index (χ0v) is 9.49. The van der Waals surface area contributed by atoms with E-state index in [2.05, 4.69) is 4.72 Å². The first kappa shape index (κ1) is 13.2. The Kier molecular flexibility index (Phi) is 4.49. The maximum Gasteiger partial charge on any atom is 0.390 e. The van der Waals surface area contributed by atoms with Crippen molar-refractivity contribution in [2.75, 3.05) is 6.54 Å². The number of hydrogen-bond acceptors (Lipinski definition) is 1. The normalized spacial score (nSPS) is 13.8. The molecular weight excluding hydrogens is 239 g/mol. The Hall–Kier alpha value is -0.880. The molecule has 6 heteroatoms. The number of hydrogen-bond donors (Lipinski definition) is 1. The number of halogens is 3. The van der Waals surface area contributed by atoms with Crippen molar-refractivity contribution < 1.29 is 17.4 Å². The molecule has 1 aromatic rings. The van der Waals surface area contributed by atoms with E-state index in [-0.39, 0.29) is 6.54 Å². The molecule has 0 aliphatic rings. The molecule has 0 radical (unpaired) electrons. The van der Waals surface area contributed by atoms with Crippen molar-refractivity contribution in [3.05, 3.63) is 29.8 Å². The Balaban J connectivity index is 2.44. The summed E-state index contributed by atoms with van der Waals surface area (Å²) in [6.45, 7) is 1.54. The molecule has 1 N–H and O–H groups in total. The van der Waals surface area contributed by atoms with Gasteiger partial charge in [0.05, 0.1) is 11.3 Å². The van der Waals surface area contributed by atoms with Crippen LogP contribution in [0.5, 0.6) is 0 Å². The smallest absolute Gasteiger partial charge is 0.238 e. The number of nitrogens with one attached hydrogen (secondary N) is 1. The summed E-state index contributed by atoms with van der Waals surface area (Å²) in [5.41, 5.74) is 1.01. The summed E-state index contributed by atoms with van der Waals surface area (Å²) < 4.78 is 49.3. The molecule has 1 aromatic carbocycles. The van der Waals surface area contributed by atoms with E-state index in [1.807, 2.05) is 6.92 Å². The SMILES string of the molecule is Cc1ccc(S(=O)NCCC(F)(F)F)cc1. The van der Waals surface area contributed by atoms with Gasteiger partial charge in [0.2, 0.25) is 0 Å². The summed E-state index contributed by atoms with van der Waals surface area (Å²) in [6, 6.07) is 6.79. The molecule has 1 atom stereocenters. The van der Waals surface area contributed by atoms with Gasteiger partial charge in [-0.15, -0.1) is 0 Å². The lowest BCUT2D eigenvalue weighted by atomic mass is 10.2. The summed E-state index contributed by atoms with van der Waals surface area (Å²) >= 11 is 0. The summed E-state index contributed by atoms with van der Waals surface area (Å²) in [7, 11) is -1.58. The Morgan fingerprint density at radius 3 is 2.31 bits per heavy atom. The van der Waals surface area contributed by atoms with Crippen molar-refractivity contribution in [2.45, 2.75) is 24.4 Å². The standard InChI is InChI=1S/C10H12F3NOS/c1-8-2-4-9(5-3-8)16(15)14-7-6-10(11,12)13/h2-5,14H,6-7H2,1H3. The van der Waals surface area contributed by atoms with Crippen molar-refractivity contribution in [3.8, 4) is 0 Å². The van der Waals surface area contributed by atoms with E-state index in [9.17, 15) is 17.4 Å². The third kappa shape index (κ3) is 4.76. The third-order valence-corrected chi connectivity index (χ3v) is 3.04. The lowest BCUT2D eigenvalue weighted by Gasteiger charge is -2.07. The average molecular weight is 251 g/mol. The maximum atomic E-state index is 11.8. The summed E-state index contributed by atoms with van der Waals surface area (Å²) in [5.74, 6) is 0. The topological polar surface area (TPSA) is 29.1 Å². The van der Waals surface area contributed by atoms with E-state index in [1.54, 1.807) is 24.3 Å². The highest BCUT2D eigenvalue weighted by atomic mass is 32.2. The molecule has 0 heterocycles. The van der Waals surface area contributed by atoms with E-state index >= 15 is 0 Å². The first-order valence-electron chi connectivity index (χ1n) is 4.67. The monoisotopic (exact) mass is 251 g/mol. The molecule has 0 fully saturated rings. The first-order valence-corrected chi connectivity index (χ1v) is 5.82. The second-order valence-electron chi connectivity index (χ2n) is 3.34. The largest absolute Gasteiger partial charge is 0.390 e. The fourth-order valence-corrected chi connectivity index (χ4v) is 1.87. The molecule has 0 bridgehead atoms. The van der Waals surface area contributed by atoms with Gasteiger partial charge in [0, 0.05) is 6.54 Å². The van der Waals surface area contributed by atoms with E-state index in [0.717, 1.165) is 5.56 Å². The molecule has 0 aromatic heterocycles. The summed E-state index contributed by atoms with van der Waals surface area (Å²) in [6.07, 6.45) is -5.20. The molecule has 0 aliphatic heterocycles. The molecule has 0 spiro atoms. The molecule has 0 saturated carbocycles. The van der Waals surface area contributed by atoms with Gasteiger partial charge in [-0.05, 0) is 19.1 Å².